The van der Waals surface area contributed by atoms with E-state index in [0.717, 1.165) is 19.6 Å². The minimum absolute atomic E-state index is 0.00217. The molecule has 0 aliphatic carbocycles. The van der Waals surface area contributed by atoms with Crippen molar-refractivity contribution in [2.24, 2.45) is 5.92 Å². The van der Waals surface area contributed by atoms with Gasteiger partial charge in [0.15, 0.2) is 5.69 Å². The fourth-order valence-corrected chi connectivity index (χ4v) is 4.51. The zero-order valence-corrected chi connectivity index (χ0v) is 20.4. The molecule has 0 spiro atoms. The highest BCUT2D eigenvalue weighted by molar-refractivity contribution is 6.07. The number of piperidine rings is 1. The van der Waals surface area contributed by atoms with Gasteiger partial charge in [-0.25, -0.2) is 14.3 Å². The highest BCUT2D eigenvalue weighted by atomic mass is 16.5. The van der Waals surface area contributed by atoms with Crippen LogP contribution < -0.4 is 4.74 Å². The highest BCUT2D eigenvalue weighted by Gasteiger charge is 2.32. The van der Waals surface area contributed by atoms with Gasteiger partial charge >= 0.3 is 11.9 Å². The molecular formula is C27H31N3O5. The first kappa shape index (κ1) is 24.5. The van der Waals surface area contributed by atoms with Crippen LogP contribution in [0.3, 0.4) is 0 Å². The summed E-state index contributed by atoms with van der Waals surface area (Å²) in [6.07, 6.45) is 2.47. The molecule has 4 rings (SSSR count). The summed E-state index contributed by atoms with van der Waals surface area (Å²) in [5.41, 5.74) is 1.53. The summed E-state index contributed by atoms with van der Waals surface area (Å²) in [4.78, 5) is 28.2. The monoisotopic (exact) mass is 477 g/mol. The topological polar surface area (TPSA) is 82.9 Å². The van der Waals surface area contributed by atoms with Crippen molar-refractivity contribution in [3.8, 4) is 22.7 Å². The van der Waals surface area contributed by atoms with Crippen LogP contribution >= 0.6 is 0 Å². The van der Waals surface area contributed by atoms with Crippen molar-refractivity contribution in [1.29, 1.82) is 0 Å². The van der Waals surface area contributed by atoms with Crippen LogP contribution in [0.15, 0.2) is 54.6 Å². The van der Waals surface area contributed by atoms with E-state index >= 15 is 0 Å². The smallest absolute Gasteiger partial charge is 0.357 e. The minimum Gasteiger partial charge on any atom is -0.492 e. The number of hydrogen-bond donors (Lipinski definition) is 0. The molecule has 1 unspecified atom stereocenters. The van der Waals surface area contributed by atoms with Gasteiger partial charge in [-0.05, 0) is 49.6 Å². The molecule has 1 aliphatic rings. The number of carbonyl (C=O) groups excluding carboxylic acids is 2. The van der Waals surface area contributed by atoms with E-state index in [1.807, 2.05) is 42.5 Å². The summed E-state index contributed by atoms with van der Waals surface area (Å²) in [5, 5.41) is 4.68. The Balaban J connectivity index is 1.73. The summed E-state index contributed by atoms with van der Waals surface area (Å²) in [5.74, 6) is -0.0977. The van der Waals surface area contributed by atoms with E-state index in [4.69, 9.17) is 14.2 Å². The first-order chi connectivity index (χ1) is 17.0. The molecule has 2 heterocycles. The molecule has 1 aromatic heterocycles. The molecule has 8 heteroatoms. The van der Waals surface area contributed by atoms with Gasteiger partial charge in [-0.2, -0.15) is 5.10 Å². The molecule has 1 fully saturated rings. The van der Waals surface area contributed by atoms with Crippen LogP contribution in [-0.2, 0) is 9.47 Å². The number of carbonyl (C=O) groups is 2. The molecule has 0 saturated carbocycles. The van der Waals surface area contributed by atoms with Crippen molar-refractivity contribution in [2.45, 2.75) is 19.8 Å². The van der Waals surface area contributed by atoms with Crippen molar-refractivity contribution in [2.75, 3.05) is 40.5 Å². The number of likely N-dealkylation sites (tertiary alicyclic amines) is 1. The second kappa shape index (κ2) is 11.2. The maximum absolute atomic E-state index is 12.9. The SMILES string of the molecule is COC(=O)c1c(-c2ccccc2OCCN2CCCC(C)C2)nn(-c2ccccc2)c1C(=O)OC. The lowest BCUT2D eigenvalue weighted by Crippen LogP contribution is -2.37. The minimum atomic E-state index is -0.689. The van der Waals surface area contributed by atoms with Gasteiger partial charge < -0.3 is 14.2 Å². The van der Waals surface area contributed by atoms with Crippen LogP contribution in [0.5, 0.6) is 5.75 Å². The molecule has 0 bridgehead atoms. The number of nitrogens with zero attached hydrogens (tertiary/aromatic N) is 3. The number of benzene rings is 2. The molecule has 1 saturated heterocycles. The van der Waals surface area contributed by atoms with E-state index in [-0.39, 0.29) is 11.3 Å². The Bertz CT molecular complexity index is 1170. The molecule has 0 radical (unpaired) electrons. The summed E-state index contributed by atoms with van der Waals surface area (Å²) in [7, 11) is 2.54. The Morgan fingerprint density at radius 1 is 1.00 bits per heavy atom. The van der Waals surface area contributed by atoms with Crippen molar-refractivity contribution in [3.63, 3.8) is 0 Å². The lowest BCUT2D eigenvalue weighted by Gasteiger charge is -2.30. The quantitative estimate of drug-likeness (QED) is 0.449. The number of esters is 2. The van der Waals surface area contributed by atoms with Crippen LogP contribution in [0.25, 0.3) is 16.9 Å². The van der Waals surface area contributed by atoms with Gasteiger partial charge in [0.2, 0.25) is 0 Å². The van der Waals surface area contributed by atoms with E-state index in [0.29, 0.717) is 35.2 Å². The number of ether oxygens (including phenoxy) is 3. The lowest BCUT2D eigenvalue weighted by molar-refractivity contribution is 0.0549. The predicted octanol–water partition coefficient (Wildman–Crippen LogP) is 4.22. The Kier molecular flexibility index (Phi) is 7.82. The number of rotatable bonds is 8. The van der Waals surface area contributed by atoms with Gasteiger partial charge in [0.25, 0.3) is 0 Å². The zero-order valence-electron chi connectivity index (χ0n) is 20.4. The Morgan fingerprint density at radius 2 is 1.71 bits per heavy atom. The van der Waals surface area contributed by atoms with E-state index in [2.05, 4.69) is 16.9 Å². The van der Waals surface area contributed by atoms with Crippen molar-refractivity contribution < 1.29 is 23.8 Å². The van der Waals surface area contributed by atoms with E-state index in [9.17, 15) is 9.59 Å². The van der Waals surface area contributed by atoms with Crippen LogP contribution in [0.1, 0.15) is 40.6 Å². The van der Waals surface area contributed by atoms with Gasteiger partial charge in [0.05, 0.1) is 19.9 Å². The Labute approximate surface area is 205 Å². The molecule has 35 heavy (non-hydrogen) atoms. The number of para-hydroxylation sites is 2. The van der Waals surface area contributed by atoms with Gasteiger partial charge in [0.1, 0.15) is 23.6 Å². The molecule has 1 atom stereocenters. The maximum Gasteiger partial charge on any atom is 0.357 e. The van der Waals surface area contributed by atoms with E-state index < -0.39 is 11.9 Å². The van der Waals surface area contributed by atoms with Gasteiger partial charge in [0, 0.05) is 18.7 Å². The van der Waals surface area contributed by atoms with Gasteiger partial charge in [-0.15, -0.1) is 0 Å². The predicted molar refractivity (Wildman–Crippen MR) is 132 cm³/mol. The molecule has 8 nitrogen and oxygen atoms in total. The fourth-order valence-electron chi connectivity index (χ4n) is 4.51. The van der Waals surface area contributed by atoms with Crippen molar-refractivity contribution in [1.82, 2.24) is 14.7 Å². The average Bonchev–Trinajstić information content (AvgIpc) is 3.29. The van der Waals surface area contributed by atoms with Crippen LogP contribution in [-0.4, -0.2) is 67.1 Å². The fraction of sp³-hybridized carbons (Fsp3) is 0.370. The van der Waals surface area contributed by atoms with Crippen molar-refractivity contribution in [3.05, 3.63) is 65.9 Å². The van der Waals surface area contributed by atoms with E-state index in [1.165, 1.54) is 31.7 Å². The second-order valence-corrected chi connectivity index (χ2v) is 8.70. The molecule has 0 amide bonds. The molecule has 0 N–H and O–H groups in total. The van der Waals surface area contributed by atoms with Gasteiger partial charge in [-0.3, -0.25) is 4.90 Å². The molecule has 3 aromatic rings. The first-order valence-electron chi connectivity index (χ1n) is 11.8. The average molecular weight is 478 g/mol. The van der Waals surface area contributed by atoms with Gasteiger partial charge in [-0.1, -0.05) is 37.3 Å². The third-order valence-corrected chi connectivity index (χ3v) is 6.20. The van der Waals surface area contributed by atoms with Crippen LogP contribution in [0.2, 0.25) is 0 Å². The summed E-state index contributed by atoms with van der Waals surface area (Å²) in [6, 6.07) is 16.5. The summed E-state index contributed by atoms with van der Waals surface area (Å²) < 4.78 is 17.7. The normalized spacial score (nSPS) is 16.0. The molecule has 184 valence electrons. The van der Waals surface area contributed by atoms with Crippen molar-refractivity contribution >= 4 is 11.9 Å². The third kappa shape index (κ3) is 5.38. The first-order valence-corrected chi connectivity index (χ1v) is 11.8. The van der Waals surface area contributed by atoms with Crippen LogP contribution in [0, 0.1) is 5.92 Å². The number of hydrogen-bond acceptors (Lipinski definition) is 7. The van der Waals surface area contributed by atoms with E-state index in [1.54, 1.807) is 12.1 Å². The Hall–Kier alpha value is -3.65. The number of methoxy groups -OCH3 is 2. The lowest BCUT2D eigenvalue weighted by atomic mass is 10.0. The highest BCUT2D eigenvalue weighted by Crippen LogP contribution is 2.35. The second-order valence-electron chi connectivity index (χ2n) is 8.70. The number of aromatic nitrogens is 2. The molecular weight excluding hydrogens is 446 g/mol. The molecule has 1 aliphatic heterocycles. The zero-order chi connectivity index (χ0) is 24.8. The Morgan fingerprint density at radius 3 is 2.43 bits per heavy atom. The van der Waals surface area contributed by atoms with Crippen LogP contribution in [0.4, 0.5) is 0 Å². The standard InChI is InChI=1S/C27H31N3O5/c1-19-10-9-15-29(18-19)16-17-35-22-14-8-7-13-21(22)24-23(26(31)33-2)25(27(32)34-3)30(28-24)20-11-5-4-6-12-20/h4-8,11-14,19H,9-10,15-18H2,1-3H3. The summed E-state index contributed by atoms with van der Waals surface area (Å²) in [6.45, 7) is 5.74. The maximum atomic E-state index is 12.9. The largest absolute Gasteiger partial charge is 0.492 e. The third-order valence-electron chi connectivity index (χ3n) is 6.20. The molecule has 2 aromatic carbocycles. The summed E-state index contributed by atoms with van der Waals surface area (Å²) >= 11 is 0.